The van der Waals surface area contributed by atoms with Gasteiger partial charge in [-0.3, -0.25) is 0 Å². The van der Waals surface area contributed by atoms with Crippen LogP contribution < -0.4 is 0 Å². The monoisotopic (exact) mass is 270 g/mol. The molecule has 0 N–H and O–H groups in total. The highest BCUT2D eigenvalue weighted by molar-refractivity contribution is 7.99. The predicted molar refractivity (Wildman–Crippen MR) is 74.6 cm³/mol. The van der Waals surface area contributed by atoms with Crippen molar-refractivity contribution in [3.8, 4) is 0 Å². The SMILES string of the molecule is CCCc1cc(Cl)nc(CSC2CCCC2)n1. The van der Waals surface area contributed by atoms with Crippen molar-refractivity contribution in [1.29, 1.82) is 0 Å². The first kappa shape index (κ1) is 13.2. The van der Waals surface area contributed by atoms with Crippen LogP contribution in [0.2, 0.25) is 5.15 Å². The van der Waals surface area contributed by atoms with Crippen LogP contribution in [0.15, 0.2) is 6.07 Å². The molecule has 0 saturated heterocycles. The summed E-state index contributed by atoms with van der Waals surface area (Å²) in [6.07, 6.45) is 7.57. The Kier molecular flexibility index (Phi) is 5.11. The summed E-state index contributed by atoms with van der Waals surface area (Å²) in [5.41, 5.74) is 1.08. The number of halogens is 1. The first-order valence-corrected chi connectivity index (χ1v) is 7.84. The molecular formula is C13H19ClN2S. The summed E-state index contributed by atoms with van der Waals surface area (Å²) in [5.74, 6) is 1.81. The number of hydrogen-bond donors (Lipinski definition) is 0. The molecule has 0 radical (unpaired) electrons. The molecule has 4 heteroatoms. The van der Waals surface area contributed by atoms with Gasteiger partial charge in [0.2, 0.25) is 0 Å². The van der Waals surface area contributed by atoms with Gasteiger partial charge >= 0.3 is 0 Å². The second-order valence-electron chi connectivity index (χ2n) is 4.57. The van der Waals surface area contributed by atoms with Gasteiger partial charge in [-0.2, -0.15) is 11.8 Å². The zero-order valence-corrected chi connectivity index (χ0v) is 11.9. The summed E-state index contributed by atoms with van der Waals surface area (Å²) in [6.45, 7) is 2.16. The largest absolute Gasteiger partial charge is 0.237 e. The quantitative estimate of drug-likeness (QED) is 0.748. The van der Waals surface area contributed by atoms with Gasteiger partial charge in [0.15, 0.2) is 0 Å². The normalized spacial score (nSPS) is 16.6. The molecule has 0 aliphatic heterocycles. The molecule has 2 nitrogen and oxygen atoms in total. The standard InChI is InChI=1S/C13H19ClN2S/c1-2-5-10-8-12(14)16-13(15-10)9-17-11-6-3-4-7-11/h8,11H,2-7,9H2,1H3. The molecule has 1 fully saturated rings. The second-order valence-corrected chi connectivity index (χ2v) is 6.24. The van der Waals surface area contributed by atoms with E-state index in [-0.39, 0.29) is 0 Å². The molecule has 1 saturated carbocycles. The summed E-state index contributed by atoms with van der Waals surface area (Å²) in [4.78, 5) is 8.88. The van der Waals surface area contributed by atoms with E-state index in [2.05, 4.69) is 16.9 Å². The van der Waals surface area contributed by atoms with Crippen molar-refractivity contribution < 1.29 is 0 Å². The van der Waals surface area contributed by atoms with Gasteiger partial charge in [0.25, 0.3) is 0 Å². The molecule has 17 heavy (non-hydrogen) atoms. The van der Waals surface area contributed by atoms with Crippen LogP contribution in [0.25, 0.3) is 0 Å². The lowest BCUT2D eigenvalue weighted by Crippen LogP contribution is -2.01. The average Bonchev–Trinajstić information content (AvgIpc) is 2.79. The van der Waals surface area contributed by atoms with E-state index in [0.29, 0.717) is 5.15 Å². The third kappa shape index (κ3) is 4.14. The molecule has 0 bridgehead atoms. The number of nitrogens with zero attached hydrogens (tertiary/aromatic N) is 2. The lowest BCUT2D eigenvalue weighted by Gasteiger charge is -2.08. The minimum atomic E-state index is 0.588. The number of aryl methyl sites for hydroxylation is 1. The summed E-state index contributed by atoms with van der Waals surface area (Å²) >= 11 is 8.01. The maximum Gasteiger partial charge on any atom is 0.140 e. The van der Waals surface area contributed by atoms with Crippen molar-refractivity contribution in [1.82, 2.24) is 9.97 Å². The minimum Gasteiger partial charge on any atom is -0.237 e. The number of aromatic nitrogens is 2. The Balaban J connectivity index is 1.94. The van der Waals surface area contributed by atoms with Gasteiger partial charge in [0, 0.05) is 10.9 Å². The van der Waals surface area contributed by atoms with Gasteiger partial charge in [-0.25, -0.2) is 9.97 Å². The van der Waals surface area contributed by atoms with E-state index in [1.165, 1.54) is 25.7 Å². The lowest BCUT2D eigenvalue weighted by atomic mass is 10.2. The molecule has 0 amide bonds. The molecule has 1 heterocycles. The highest BCUT2D eigenvalue weighted by Gasteiger charge is 2.16. The first-order valence-electron chi connectivity index (χ1n) is 6.42. The average molecular weight is 271 g/mol. The third-order valence-corrected chi connectivity index (χ3v) is 4.61. The maximum absolute atomic E-state index is 6.02. The van der Waals surface area contributed by atoms with Crippen molar-refractivity contribution in [2.24, 2.45) is 0 Å². The maximum atomic E-state index is 6.02. The minimum absolute atomic E-state index is 0.588. The lowest BCUT2D eigenvalue weighted by molar-refractivity contribution is 0.850. The van der Waals surface area contributed by atoms with Gasteiger partial charge in [-0.15, -0.1) is 0 Å². The number of rotatable bonds is 5. The Morgan fingerprint density at radius 1 is 1.35 bits per heavy atom. The fraction of sp³-hybridized carbons (Fsp3) is 0.692. The Morgan fingerprint density at radius 2 is 2.12 bits per heavy atom. The molecule has 0 aromatic carbocycles. The molecule has 0 atom stereocenters. The van der Waals surface area contributed by atoms with Gasteiger partial charge in [-0.05, 0) is 25.3 Å². The molecule has 0 unspecified atom stereocenters. The van der Waals surface area contributed by atoms with Crippen LogP contribution in [0.1, 0.15) is 50.5 Å². The van der Waals surface area contributed by atoms with Crippen LogP contribution in [-0.4, -0.2) is 15.2 Å². The van der Waals surface area contributed by atoms with Gasteiger partial charge < -0.3 is 0 Å². The van der Waals surface area contributed by atoms with E-state index in [1.54, 1.807) is 0 Å². The van der Waals surface area contributed by atoms with Crippen molar-refractivity contribution in [2.45, 2.75) is 56.5 Å². The summed E-state index contributed by atoms with van der Waals surface area (Å²) < 4.78 is 0. The Hall–Kier alpha value is -0.280. The van der Waals surface area contributed by atoms with Crippen LogP contribution in [0.4, 0.5) is 0 Å². The summed E-state index contributed by atoms with van der Waals surface area (Å²) in [7, 11) is 0. The molecule has 1 aliphatic rings. The van der Waals surface area contributed by atoms with Gasteiger partial charge in [0.05, 0.1) is 5.75 Å². The van der Waals surface area contributed by atoms with Crippen LogP contribution in [0.3, 0.4) is 0 Å². The second kappa shape index (κ2) is 6.60. The van der Waals surface area contributed by atoms with E-state index in [0.717, 1.165) is 35.4 Å². The molecule has 1 aromatic heterocycles. The smallest absolute Gasteiger partial charge is 0.140 e. The molecular weight excluding hydrogens is 252 g/mol. The summed E-state index contributed by atoms with van der Waals surface area (Å²) in [5, 5.41) is 1.40. The van der Waals surface area contributed by atoms with Crippen LogP contribution in [0.5, 0.6) is 0 Å². The van der Waals surface area contributed by atoms with E-state index < -0.39 is 0 Å². The van der Waals surface area contributed by atoms with Crippen LogP contribution >= 0.6 is 23.4 Å². The molecule has 0 spiro atoms. The van der Waals surface area contributed by atoms with Crippen molar-refractivity contribution in [3.63, 3.8) is 0 Å². The third-order valence-electron chi connectivity index (χ3n) is 3.05. The van der Waals surface area contributed by atoms with E-state index in [1.807, 2.05) is 17.8 Å². The zero-order valence-electron chi connectivity index (χ0n) is 10.3. The highest BCUT2D eigenvalue weighted by Crippen LogP contribution is 2.31. The van der Waals surface area contributed by atoms with E-state index >= 15 is 0 Å². The van der Waals surface area contributed by atoms with Gasteiger partial charge in [-0.1, -0.05) is 37.8 Å². The topological polar surface area (TPSA) is 25.8 Å². The van der Waals surface area contributed by atoms with Crippen molar-refractivity contribution in [2.75, 3.05) is 0 Å². The van der Waals surface area contributed by atoms with Crippen LogP contribution in [0, 0.1) is 0 Å². The highest BCUT2D eigenvalue weighted by atomic mass is 35.5. The fourth-order valence-corrected chi connectivity index (χ4v) is 3.62. The van der Waals surface area contributed by atoms with Crippen molar-refractivity contribution >= 4 is 23.4 Å². The molecule has 1 aliphatic carbocycles. The first-order chi connectivity index (χ1) is 8.28. The van der Waals surface area contributed by atoms with E-state index in [9.17, 15) is 0 Å². The van der Waals surface area contributed by atoms with Crippen molar-refractivity contribution in [3.05, 3.63) is 22.7 Å². The molecule has 2 rings (SSSR count). The Labute approximate surface area is 113 Å². The number of hydrogen-bond acceptors (Lipinski definition) is 3. The van der Waals surface area contributed by atoms with E-state index in [4.69, 9.17) is 11.6 Å². The Morgan fingerprint density at radius 3 is 2.82 bits per heavy atom. The number of thioether (sulfide) groups is 1. The summed E-state index contributed by atoms with van der Waals surface area (Å²) in [6, 6.07) is 1.88. The predicted octanol–water partition coefficient (Wildman–Crippen LogP) is 4.26. The Bertz CT molecular complexity index is 364. The molecule has 94 valence electrons. The zero-order chi connectivity index (χ0) is 12.1. The van der Waals surface area contributed by atoms with Gasteiger partial charge in [0.1, 0.15) is 11.0 Å². The molecule has 1 aromatic rings. The van der Waals surface area contributed by atoms with Crippen LogP contribution in [-0.2, 0) is 12.2 Å². The fourth-order valence-electron chi connectivity index (χ4n) is 2.21.